The minimum atomic E-state index is -0.0462. The molecule has 1 aromatic carbocycles. The van der Waals surface area contributed by atoms with E-state index in [2.05, 4.69) is 23.8 Å². The van der Waals surface area contributed by atoms with Crippen molar-refractivity contribution in [2.45, 2.75) is 26.7 Å². The van der Waals surface area contributed by atoms with Crippen LogP contribution in [0.2, 0.25) is 0 Å². The number of carbonyl (C=O) groups is 1. The van der Waals surface area contributed by atoms with Crippen LogP contribution < -0.4 is 4.90 Å². The first kappa shape index (κ1) is 16.9. The summed E-state index contributed by atoms with van der Waals surface area (Å²) in [5, 5.41) is 0. The summed E-state index contributed by atoms with van der Waals surface area (Å²) in [6, 6.07) is 9.94. The molecule has 0 radical (unpaired) electrons. The summed E-state index contributed by atoms with van der Waals surface area (Å²) >= 11 is 0. The Hall–Kier alpha value is -2.43. The van der Waals surface area contributed by atoms with Gasteiger partial charge in [0.15, 0.2) is 5.82 Å². The van der Waals surface area contributed by atoms with E-state index >= 15 is 0 Å². The number of aromatic nitrogens is 2. The maximum absolute atomic E-state index is 12.5. The zero-order valence-electron chi connectivity index (χ0n) is 14.1. The lowest BCUT2D eigenvalue weighted by Gasteiger charge is -2.21. The number of carbonyl (C=O) groups excluding carboxylic acids is 1. The van der Waals surface area contributed by atoms with Gasteiger partial charge in [-0.15, -0.1) is 0 Å². The Kier molecular flexibility index (Phi) is 6.09. The molecule has 0 N–H and O–H groups in total. The molecule has 5 nitrogen and oxygen atoms in total. The highest BCUT2D eigenvalue weighted by molar-refractivity contribution is 5.92. The van der Waals surface area contributed by atoms with Crippen molar-refractivity contribution in [1.29, 1.82) is 0 Å². The van der Waals surface area contributed by atoms with Crippen molar-refractivity contribution in [3.8, 4) is 0 Å². The molecule has 0 unspecified atom stereocenters. The maximum Gasteiger partial charge on any atom is 0.274 e. The Morgan fingerprint density at radius 3 is 2.17 bits per heavy atom. The predicted octanol–water partition coefficient (Wildman–Crippen LogP) is 3.51. The minimum Gasteiger partial charge on any atom is -0.337 e. The fourth-order valence-electron chi connectivity index (χ4n) is 2.41. The lowest BCUT2D eigenvalue weighted by Crippen LogP contribution is -2.33. The monoisotopic (exact) mass is 312 g/mol. The molecular weight excluding hydrogens is 288 g/mol. The lowest BCUT2D eigenvalue weighted by atomic mass is 10.3. The van der Waals surface area contributed by atoms with E-state index in [0.29, 0.717) is 11.5 Å². The highest BCUT2D eigenvalue weighted by Gasteiger charge is 2.16. The topological polar surface area (TPSA) is 49.3 Å². The van der Waals surface area contributed by atoms with Crippen molar-refractivity contribution in [1.82, 2.24) is 14.9 Å². The highest BCUT2D eigenvalue weighted by Crippen LogP contribution is 2.20. The van der Waals surface area contributed by atoms with Crippen molar-refractivity contribution in [2.24, 2.45) is 0 Å². The van der Waals surface area contributed by atoms with Crippen molar-refractivity contribution in [3.63, 3.8) is 0 Å². The van der Waals surface area contributed by atoms with E-state index in [1.807, 2.05) is 47.2 Å². The smallest absolute Gasteiger partial charge is 0.274 e. The molecule has 0 fully saturated rings. The Bertz CT molecular complexity index is 607. The number of para-hydroxylation sites is 1. The van der Waals surface area contributed by atoms with Gasteiger partial charge in [-0.2, -0.15) is 0 Å². The van der Waals surface area contributed by atoms with Crippen LogP contribution in [0.25, 0.3) is 0 Å². The summed E-state index contributed by atoms with van der Waals surface area (Å²) < 4.78 is 0. The second kappa shape index (κ2) is 8.27. The molecule has 0 aliphatic rings. The zero-order valence-corrected chi connectivity index (χ0v) is 14.1. The van der Waals surface area contributed by atoms with E-state index < -0.39 is 0 Å². The Labute approximate surface area is 138 Å². The first-order valence-electron chi connectivity index (χ1n) is 8.07. The lowest BCUT2D eigenvalue weighted by molar-refractivity contribution is 0.0749. The van der Waals surface area contributed by atoms with E-state index in [-0.39, 0.29) is 5.91 Å². The van der Waals surface area contributed by atoms with Crippen molar-refractivity contribution in [3.05, 3.63) is 48.4 Å². The van der Waals surface area contributed by atoms with Crippen LogP contribution in [-0.4, -0.2) is 40.9 Å². The number of hydrogen-bond donors (Lipinski definition) is 0. The molecule has 1 aromatic heterocycles. The average Bonchev–Trinajstić information content (AvgIpc) is 2.61. The third-order valence-corrected chi connectivity index (χ3v) is 3.62. The van der Waals surface area contributed by atoms with E-state index in [4.69, 9.17) is 0 Å². The van der Waals surface area contributed by atoms with Crippen LogP contribution in [0.5, 0.6) is 0 Å². The summed E-state index contributed by atoms with van der Waals surface area (Å²) in [7, 11) is 1.93. The molecule has 1 heterocycles. The van der Waals surface area contributed by atoms with Crippen LogP contribution in [-0.2, 0) is 0 Å². The SMILES string of the molecule is CCCN(CCC)C(=O)c1cnc(N(C)c2ccccc2)cn1. The summed E-state index contributed by atoms with van der Waals surface area (Å²) in [5.74, 6) is 0.667. The molecule has 0 saturated heterocycles. The molecule has 0 spiro atoms. The van der Waals surface area contributed by atoms with Gasteiger partial charge in [0.05, 0.1) is 12.4 Å². The predicted molar refractivity (Wildman–Crippen MR) is 93.0 cm³/mol. The van der Waals surface area contributed by atoms with E-state index in [1.165, 1.54) is 0 Å². The number of benzene rings is 1. The Morgan fingerprint density at radius 2 is 1.65 bits per heavy atom. The van der Waals surface area contributed by atoms with Crippen LogP contribution >= 0.6 is 0 Å². The van der Waals surface area contributed by atoms with Crippen LogP contribution in [0.1, 0.15) is 37.2 Å². The van der Waals surface area contributed by atoms with Gasteiger partial charge < -0.3 is 9.80 Å². The third kappa shape index (κ3) is 4.28. The first-order chi connectivity index (χ1) is 11.2. The minimum absolute atomic E-state index is 0.0462. The molecule has 23 heavy (non-hydrogen) atoms. The summed E-state index contributed by atoms with van der Waals surface area (Å²) in [6.07, 6.45) is 5.09. The van der Waals surface area contributed by atoms with E-state index in [9.17, 15) is 4.79 Å². The van der Waals surface area contributed by atoms with Crippen molar-refractivity contribution in [2.75, 3.05) is 25.0 Å². The highest BCUT2D eigenvalue weighted by atomic mass is 16.2. The number of anilines is 2. The van der Waals surface area contributed by atoms with Crippen LogP contribution in [0, 0.1) is 0 Å². The van der Waals surface area contributed by atoms with Crippen LogP contribution in [0.15, 0.2) is 42.7 Å². The fourth-order valence-corrected chi connectivity index (χ4v) is 2.41. The molecule has 0 bridgehead atoms. The zero-order chi connectivity index (χ0) is 16.7. The number of nitrogens with zero attached hydrogens (tertiary/aromatic N) is 4. The average molecular weight is 312 g/mol. The van der Waals surface area contributed by atoms with Crippen molar-refractivity contribution >= 4 is 17.4 Å². The van der Waals surface area contributed by atoms with Crippen LogP contribution in [0.3, 0.4) is 0 Å². The van der Waals surface area contributed by atoms with Gasteiger partial charge in [-0.1, -0.05) is 32.0 Å². The molecule has 2 rings (SSSR count). The molecule has 0 atom stereocenters. The van der Waals surface area contributed by atoms with Gasteiger partial charge in [-0.25, -0.2) is 9.97 Å². The first-order valence-corrected chi connectivity index (χ1v) is 8.07. The fraction of sp³-hybridized carbons (Fsp3) is 0.389. The Morgan fingerprint density at radius 1 is 1.00 bits per heavy atom. The molecule has 0 saturated carbocycles. The number of amides is 1. The second-order valence-corrected chi connectivity index (χ2v) is 5.45. The molecule has 0 aliphatic heterocycles. The molecule has 5 heteroatoms. The second-order valence-electron chi connectivity index (χ2n) is 5.45. The summed E-state index contributed by atoms with van der Waals surface area (Å²) in [4.78, 5) is 25.0. The number of hydrogen-bond acceptors (Lipinski definition) is 4. The molecule has 1 amide bonds. The van der Waals surface area contributed by atoms with Gasteiger partial charge in [0.25, 0.3) is 5.91 Å². The number of rotatable bonds is 7. The quantitative estimate of drug-likeness (QED) is 0.785. The van der Waals surface area contributed by atoms with Crippen molar-refractivity contribution < 1.29 is 4.79 Å². The Balaban J connectivity index is 2.14. The van der Waals surface area contributed by atoms with Gasteiger partial charge in [0.1, 0.15) is 5.69 Å². The summed E-state index contributed by atoms with van der Waals surface area (Å²) in [5.41, 5.74) is 1.43. The standard InChI is InChI=1S/C18H24N4O/c1-4-11-22(12-5-2)18(23)16-13-20-17(14-19-16)21(3)15-9-7-6-8-10-15/h6-10,13-14H,4-5,11-12H2,1-3H3. The van der Waals surface area contributed by atoms with Gasteiger partial charge in [-0.05, 0) is 25.0 Å². The molecule has 122 valence electrons. The van der Waals surface area contributed by atoms with Gasteiger partial charge in [-0.3, -0.25) is 4.79 Å². The van der Waals surface area contributed by atoms with Gasteiger partial charge in [0.2, 0.25) is 0 Å². The normalized spacial score (nSPS) is 10.4. The van der Waals surface area contributed by atoms with E-state index in [0.717, 1.165) is 31.6 Å². The van der Waals surface area contributed by atoms with E-state index in [1.54, 1.807) is 12.4 Å². The molecule has 0 aliphatic carbocycles. The van der Waals surface area contributed by atoms with Gasteiger partial charge in [0, 0.05) is 25.8 Å². The molecule has 2 aromatic rings. The van der Waals surface area contributed by atoms with Crippen LogP contribution in [0.4, 0.5) is 11.5 Å². The van der Waals surface area contributed by atoms with Gasteiger partial charge >= 0.3 is 0 Å². The summed E-state index contributed by atoms with van der Waals surface area (Å²) in [6.45, 7) is 5.64. The maximum atomic E-state index is 12.5. The third-order valence-electron chi connectivity index (χ3n) is 3.62. The molecular formula is C18H24N4O. The largest absolute Gasteiger partial charge is 0.337 e.